The van der Waals surface area contributed by atoms with Crippen LogP contribution in [0.2, 0.25) is 0 Å². The third-order valence-electron chi connectivity index (χ3n) is 3.87. The Kier molecular flexibility index (Phi) is 14.7. The minimum Gasteiger partial charge on any atom is -0.392 e. The standard InChI is InChI=1S/C18H39NO2/c1-4-5-6-7-8-9-10-11-12-13-14-19(15-17(2)20)16-18(3)21/h17-18,20-21H,4-16H2,1-3H3/t17-,18-/m1/s1. The van der Waals surface area contributed by atoms with Crippen LogP contribution in [-0.4, -0.2) is 47.0 Å². The van der Waals surface area contributed by atoms with Crippen LogP contribution >= 0.6 is 0 Å². The van der Waals surface area contributed by atoms with Crippen LogP contribution in [-0.2, 0) is 0 Å². The summed E-state index contributed by atoms with van der Waals surface area (Å²) in [4.78, 5) is 2.18. The molecular formula is C18H39NO2. The zero-order chi connectivity index (χ0) is 15.9. The van der Waals surface area contributed by atoms with Crippen molar-refractivity contribution in [3.63, 3.8) is 0 Å². The van der Waals surface area contributed by atoms with Gasteiger partial charge in [0.1, 0.15) is 0 Å². The molecule has 0 aromatic heterocycles. The smallest absolute Gasteiger partial charge is 0.0639 e. The minimum absolute atomic E-state index is 0.313. The maximum absolute atomic E-state index is 9.47. The molecule has 0 aliphatic carbocycles. The van der Waals surface area contributed by atoms with Crippen molar-refractivity contribution < 1.29 is 10.2 Å². The predicted octanol–water partition coefficient (Wildman–Crippen LogP) is 3.97. The van der Waals surface area contributed by atoms with Crippen molar-refractivity contribution in [2.24, 2.45) is 0 Å². The molecule has 2 N–H and O–H groups in total. The van der Waals surface area contributed by atoms with E-state index < -0.39 is 0 Å². The number of aliphatic hydroxyl groups is 2. The fraction of sp³-hybridized carbons (Fsp3) is 1.00. The van der Waals surface area contributed by atoms with Crippen LogP contribution in [0.3, 0.4) is 0 Å². The topological polar surface area (TPSA) is 43.7 Å². The van der Waals surface area contributed by atoms with Gasteiger partial charge in [0.15, 0.2) is 0 Å². The van der Waals surface area contributed by atoms with Gasteiger partial charge in [0.2, 0.25) is 0 Å². The summed E-state index contributed by atoms with van der Waals surface area (Å²) in [6, 6.07) is 0. The third kappa shape index (κ3) is 16.1. The van der Waals surface area contributed by atoms with Crippen LogP contribution in [0, 0.1) is 0 Å². The quantitative estimate of drug-likeness (QED) is 0.450. The van der Waals surface area contributed by atoms with Crippen molar-refractivity contribution in [2.45, 2.75) is 97.2 Å². The number of nitrogens with zero attached hydrogens (tertiary/aromatic N) is 1. The van der Waals surface area contributed by atoms with Gasteiger partial charge in [-0.2, -0.15) is 0 Å². The van der Waals surface area contributed by atoms with Crippen molar-refractivity contribution in [3.8, 4) is 0 Å². The molecular weight excluding hydrogens is 262 g/mol. The summed E-state index contributed by atoms with van der Waals surface area (Å²) in [5, 5.41) is 18.9. The van der Waals surface area contributed by atoms with E-state index in [1.165, 1.54) is 64.2 Å². The van der Waals surface area contributed by atoms with Crippen molar-refractivity contribution in [1.29, 1.82) is 0 Å². The number of unbranched alkanes of at least 4 members (excludes halogenated alkanes) is 9. The third-order valence-corrected chi connectivity index (χ3v) is 3.87. The largest absolute Gasteiger partial charge is 0.392 e. The Balaban J connectivity index is 3.44. The summed E-state index contributed by atoms with van der Waals surface area (Å²) in [6.07, 6.45) is 12.8. The lowest BCUT2D eigenvalue weighted by molar-refractivity contribution is 0.0825. The summed E-state index contributed by atoms with van der Waals surface area (Å²) >= 11 is 0. The van der Waals surface area contributed by atoms with Crippen LogP contribution in [0.1, 0.15) is 85.0 Å². The highest BCUT2D eigenvalue weighted by atomic mass is 16.3. The molecule has 0 heterocycles. The SMILES string of the molecule is CCCCCCCCCCCCN(C[C@@H](C)O)C[C@@H](C)O. The van der Waals surface area contributed by atoms with E-state index in [2.05, 4.69) is 11.8 Å². The molecule has 21 heavy (non-hydrogen) atoms. The molecule has 0 aliphatic rings. The molecule has 0 fully saturated rings. The summed E-state index contributed by atoms with van der Waals surface area (Å²) in [5.41, 5.74) is 0. The van der Waals surface area contributed by atoms with E-state index in [4.69, 9.17) is 0 Å². The van der Waals surface area contributed by atoms with Gasteiger partial charge in [-0.25, -0.2) is 0 Å². The lowest BCUT2D eigenvalue weighted by Gasteiger charge is -2.24. The second kappa shape index (κ2) is 14.8. The van der Waals surface area contributed by atoms with Crippen molar-refractivity contribution in [1.82, 2.24) is 4.90 Å². The minimum atomic E-state index is -0.313. The zero-order valence-electron chi connectivity index (χ0n) is 14.7. The van der Waals surface area contributed by atoms with E-state index in [0.717, 1.165) is 6.54 Å². The number of aliphatic hydroxyl groups excluding tert-OH is 2. The highest BCUT2D eigenvalue weighted by Gasteiger charge is 2.10. The average molecular weight is 302 g/mol. The number of hydrogen-bond acceptors (Lipinski definition) is 3. The molecule has 0 amide bonds. The molecule has 128 valence electrons. The van der Waals surface area contributed by atoms with Gasteiger partial charge >= 0.3 is 0 Å². The van der Waals surface area contributed by atoms with E-state index in [0.29, 0.717) is 13.1 Å². The molecule has 0 saturated carbocycles. The molecule has 3 nitrogen and oxygen atoms in total. The highest BCUT2D eigenvalue weighted by molar-refractivity contribution is 4.64. The number of rotatable bonds is 15. The van der Waals surface area contributed by atoms with Crippen LogP contribution in [0.15, 0.2) is 0 Å². The molecule has 0 aromatic carbocycles. The molecule has 2 atom stereocenters. The Hall–Kier alpha value is -0.120. The maximum Gasteiger partial charge on any atom is 0.0639 e. The molecule has 0 aliphatic heterocycles. The summed E-state index contributed by atoms with van der Waals surface area (Å²) in [5.74, 6) is 0. The predicted molar refractivity (Wildman–Crippen MR) is 91.6 cm³/mol. The first-order chi connectivity index (χ1) is 10.1. The van der Waals surface area contributed by atoms with E-state index in [1.54, 1.807) is 0 Å². The van der Waals surface area contributed by atoms with E-state index >= 15 is 0 Å². The molecule has 0 aromatic rings. The van der Waals surface area contributed by atoms with Crippen molar-refractivity contribution in [3.05, 3.63) is 0 Å². The molecule has 0 rings (SSSR count). The first-order valence-corrected chi connectivity index (χ1v) is 9.14. The lowest BCUT2D eigenvalue weighted by Crippen LogP contribution is -2.36. The molecule has 0 bridgehead atoms. The second-order valence-electron chi connectivity index (χ2n) is 6.64. The average Bonchev–Trinajstić information content (AvgIpc) is 2.39. The first kappa shape index (κ1) is 20.9. The molecule has 0 unspecified atom stereocenters. The van der Waals surface area contributed by atoms with E-state index in [-0.39, 0.29) is 12.2 Å². The Morgan fingerprint density at radius 2 is 1.05 bits per heavy atom. The van der Waals surface area contributed by atoms with Crippen LogP contribution < -0.4 is 0 Å². The van der Waals surface area contributed by atoms with Crippen LogP contribution in [0.25, 0.3) is 0 Å². The van der Waals surface area contributed by atoms with Gasteiger partial charge in [-0.3, -0.25) is 4.90 Å². The second-order valence-corrected chi connectivity index (χ2v) is 6.64. The van der Waals surface area contributed by atoms with Gasteiger partial charge < -0.3 is 10.2 Å². The Morgan fingerprint density at radius 3 is 1.43 bits per heavy atom. The maximum atomic E-state index is 9.47. The van der Waals surface area contributed by atoms with Crippen molar-refractivity contribution >= 4 is 0 Å². The highest BCUT2D eigenvalue weighted by Crippen LogP contribution is 2.11. The van der Waals surface area contributed by atoms with Crippen LogP contribution in [0.4, 0.5) is 0 Å². The molecule has 0 spiro atoms. The molecule has 3 heteroatoms. The fourth-order valence-electron chi connectivity index (χ4n) is 2.83. The summed E-state index contributed by atoms with van der Waals surface area (Å²) < 4.78 is 0. The summed E-state index contributed by atoms with van der Waals surface area (Å²) in [6.45, 7) is 8.22. The van der Waals surface area contributed by atoms with Gasteiger partial charge in [-0.1, -0.05) is 64.7 Å². The van der Waals surface area contributed by atoms with E-state index in [9.17, 15) is 10.2 Å². The number of hydrogen-bond donors (Lipinski definition) is 2. The molecule has 0 saturated heterocycles. The van der Waals surface area contributed by atoms with Crippen molar-refractivity contribution in [2.75, 3.05) is 19.6 Å². The van der Waals surface area contributed by atoms with Gasteiger partial charge in [0.25, 0.3) is 0 Å². The lowest BCUT2D eigenvalue weighted by atomic mass is 10.1. The summed E-state index contributed by atoms with van der Waals surface area (Å²) in [7, 11) is 0. The Bertz CT molecular complexity index is 197. The van der Waals surface area contributed by atoms with Gasteiger partial charge in [0, 0.05) is 13.1 Å². The van der Waals surface area contributed by atoms with Crippen LogP contribution in [0.5, 0.6) is 0 Å². The fourth-order valence-corrected chi connectivity index (χ4v) is 2.83. The Morgan fingerprint density at radius 1 is 0.667 bits per heavy atom. The van der Waals surface area contributed by atoms with Gasteiger partial charge in [-0.15, -0.1) is 0 Å². The zero-order valence-corrected chi connectivity index (χ0v) is 14.7. The van der Waals surface area contributed by atoms with E-state index in [1.807, 2.05) is 13.8 Å². The first-order valence-electron chi connectivity index (χ1n) is 9.14. The Labute approximate surface area is 132 Å². The normalized spacial score (nSPS) is 14.6. The van der Waals surface area contributed by atoms with Gasteiger partial charge in [0.05, 0.1) is 12.2 Å². The molecule has 0 radical (unpaired) electrons. The monoisotopic (exact) mass is 301 g/mol. The van der Waals surface area contributed by atoms with Gasteiger partial charge in [-0.05, 0) is 26.8 Å².